The number of anilines is 3. The summed E-state index contributed by atoms with van der Waals surface area (Å²) in [4.78, 5) is 30.8. The summed E-state index contributed by atoms with van der Waals surface area (Å²) in [5.41, 5.74) is 7.17. The Morgan fingerprint density at radius 2 is 1.94 bits per heavy atom. The van der Waals surface area contributed by atoms with E-state index in [4.69, 9.17) is 27.1 Å². The van der Waals surface area contributed by atoms with Crippen LogP contribution in [-0.4, -0.2) is 37.7 Å². The first-order chi connectivity index (χ1) is 16.5. The highest BCUT2D eigenvalue weighted by molar-refractivity contribution is 7.98. The molecule has 0 atom stereocenters. The third-order valence-electron chi connectivity index (χ3n) is 4.82. The lowest BCUT2D eigenvalue weighted by Gasteiger charge is -2.13. The van der Waals surface area contributed by atoms with Gasteiger partial charge in [-0.3, -0.25) is 9.36 Å². The van der Waals surface area contributed by atoms with Crippen LogP contribution >= 0.6 is 23.4 Å². The molecule has 11 heteroatoms. The summed E-state index contributed by atoms with van der Waals surface area (Å²) < 4.78 is 7.10. The van der Waals surface area contributed by atoms with Crippen LogP contribution < -0.4 is 16.6 Å². The van der Waals surface area contributed by atoms with E-state index in [1.165, 1.54) is 11.8 Å². The number of nitrogens with zero attached hydrogens (tertiary/aromatic N) is 5. The van der Waals surface area contributed by atoms with Gasteiger partial charge in [0.25, 0.3) is 5.56 Å². The molecule has 0 saturated carbocycles. The Labute approximate surface area is 205 Å². The Hall–Kier alpha value is -3.21. The fourth-order valence-electron chi connectivity index (χ4n) is 3.29. The van der Waals surface area contributed by atoms with Crippen LogP contribution in [0.15, 0.2) is 58.5 Å². The van der Waals surface area contributed by atoms with Gasteiger partial charge in [0.05, 0.1) is 16.7 Å². The van der Waals surface area contributed by atoms with Crippen LogP contribution in [0.4, 0.5) is 17.6 Å². The topological polar surface area (TPSA) is 121 Å². The summed E-state index contributed by atoms with van der Waals surface area (Å²) >= 11 is 7.49. The van der Waals surface area contributed by atoms with Crippen LogP contribution in [0.1, 0.15) is 19.2 Å². The maximum Gasteiger partial charge on any atom is 0.262 e. The van der Waals surface area contributed by atoms with Crippen LogP contribution in [0.5, 0.6) is 0 Å². The molecule has 9 nitrogen and oxygen atoms in total. The van der Waals surface area contributed by atoms with E-state index in [1.807, 2.05) is 37.3 Å². The Kier molecular flexibility index (Phi) is 7.94. The van der Waals surface area contributed by atoms with Gasteiger partial charge in [0.2, 0.25) is 11.9 Å². The number of nitrogens with one attached hydrogen (secondary N) is 1. The monoisotopic (exact) mass is 497 g/mol. The maximum absolute atomic E-state index is 13.2. The molecule has 0 aliphatic rings. The molecule has 2 aromatic heterocycles. The van der Waals surface area contributed by atoms with E-state index in [2.05, 4.69) is 20.3 Å². The number of rotatable bonds is 10. The number of fused-ring (bicyclic) bond motifs is 1. The van der Waals surface area contributed by atoms with E-state index >= 15 is 0 Å². The number of para-hydroxylation sites is 1. The van der Waals surface area contributed by atoms with Gasteiger partial charge >= 0.3 is 0 Å². The highest BCUT2D eigenvalue weighted by Crippen LogP contribution is 2.24. The maximum atomic E-state index is 13.2. The number of aromatic nitrogens is 5. The van der Waals surface area contributed by atoms with Crippen molar-refractivity contribution in [1.82, 2.24) is 24.5 Å². The average molecular weight is 498 g/mol. The molecule has 4 rings (SSSR count). The number of hydrogen-bond acceptors (Lipinski definition) is 9. The van der Waals surface area contributed by atoms with E-state index in [9.17, 15) is 4.79 Å². The van der Waals surface area contributed by atoms with Crippen LogP contribution in [0, 0.1) is 0 Å². The molecule has 0 unspecified atom stereocenters. The van der Waals surface area contributed by atoms with Crippen molar-refractivity contribution in [2.45, 2.75) is 30.8 Å². The predicted molar refractivity (Wildman–Crippen MR) is 136 cm³/mol. The lowest BCUT2D eigenvalue weighted by molar-refractivity contribution is 0.140. The normalized spacial score (nSPS) is 11.1. The fourth-order valence-corrected chi connectivity index (χ4v) is 4.33. The second-order valence-corrected chi connectivity index (χ2v) is 8.66. The van der Waals surface area contributed by atoms with Gasteiger partial charge < -0.3 is 15.8 Å². The van der Waals surface area contributed by atoms with Gasteiger partial charge in [-0.1, -0.05) is 41.6 Å². The zero-order valence-corrected chi connectivity index (χ0v) is 20.1. The van der Waals surface area contributed by atoms with Crippen molar-refractivity contribution in [3.05, 3.63) is 69.7 Å². The van der Waals surface area contributed by atoms with E-state index in [1.54, 1.807) is 22.8 Å². The Balaban J connectivity index is 1.60. The van der Waals surface area contributed by atoms with Gasteiger partial charge in [0.15, 0.2) is 5.16 Å². The number of halogens is 1. The molecule has 0 amide bonds. The summed E-state index contributed by atoms with van der Waals surface area (Å²) in [5, 5.41) is 4.71. The summed E-state index contributed by atoms with van der Waals surface area (Å²) in [6, 6.07) is 14.6. The summed E-state index contributed by atoms with van der Waals surface area (Å²) in [6.45, 7) is 3.61. The molecule has 0 radical (unpaired) electrons. The smallest absolute Gasteiger partial charge is 0.262 e. The molecular weight excluding hydrogens is 474 g/mol. The molecular formula is C23H24ClN7O2S. The van der Waals surface area contributed by atoms with E-state index in [-0.39, 0.29) is 11.5 Å². The number of thioether (sulfide) groups is 1. The van der Waals surface area contributed by atoms with Gasteiger partial charge in [-0.15, -0.1) is 0 Å². The Morgan fingerprint density at radius 3 is 2.74 bits per heavy atom. The molecule has 0 saturated heterocycles. The number of ether oxygens (including phenoxy) is 1. The number of hydrogen-bond donors (Lipinski definition) is 2. The first kappa shape index (κ1) is 23.9. The van der Waals surface area contributed by atoms with E-state index in [0.717, 1.165) is 5.69 Å². The fraction of sp³-hybridized carbons (Fsp3) is 0.261. The van der Waals surface area contributed by atoms with Crippen molar-refractivity contribution in [2.75, 3.05) is 24.3 Å². The molecule has 0 aliphatic carbocycles. The first-order valence-electron chi connectivity index (χ1n) is 10.8. The van der Waals surface area contributed by atoms with Gasteiger partial charge in [-0.2, -0.15) is 15.0 Å². The molecule has 0 spiro atoms. The summed E-state index contributed by atoms with van der Waals surface area (Å²) in [7, 11) is 0. The SMILES string of the molecule is CCOCCCn1c(SCc2nc(N)nc(Nc3ccccc3)n2)nc2cc(Cl)ccc2c1=O. The third-order valence-corrected chi connectivity index (χ3v) is 6.02. The molecule has 2 aromatic carbocycles. The lowest BCUT2D eigenvalue weighted by Crippen LogP contribution is -2.24. The van der Waals surface area contributed by atoms with Gasteiger partial charge in [0.1, 0.15) is 5.82 Å². The van der Waals surface area contributed by atoms with Crippen LogP contribution in [0.25, 0.3) is 10.9 Å². The summed E-state index contributed by atoms with van der Waals surface area (Å²) in [6.07, 6.45) is 0.686. The zero-order chi connectivity index (χ0) is 23.9. The zero-order valence-electron chi connectivity index (χ0n) is 18.6. The quantitative estimate of drug-likeness (QED) is 0.188. The highest BCUT2D eigenvalue weighted by Gasteiger charge is 2.14. The van der Waals surface area contributed by atoms with Crippen molar-refractivity contribution < 1.29 is 4.74 Å². The molecule has 0 fully saturated rings. The van der Waals surface area contributed by atoms with Crippen molar-refractivity contribution >= 4 is 51.8 Å². The van der Waals surface area contributed by atoms with Gasteiger partial charge in [0, 0.05) is 30.5 Å². The predicted octanol–water partition coefficient (Wildman–Crippen LogP) is 4.28. The highest BCUT2D eigenvalue weighted by atomic mass is 35.5. The molecule has 2 heterocycles. The van der Waals surface area contributed by atoms with Crippen molar-refractivity contribution in [3.63, 3.8) is 0 Å². The second kappa shape index (κ2) is 11.3. The largest absolute Gasteiger partial charge is 0.382 e. The van der Waals surface area contributed by atoms with Gasteiger partial charge in [-0.25, -0.2) is 4.98 Å². The molecule has 0 bridgehead atoms. The molecule has 4 aromatic rings. The van der Waals surface area contributed by atoms with E-state index < -0.39 is 0 Å². The minimum atomic E-state index is -0.123. The van der Waals surface area contributed by atoms with Crippen LogP contribution in [-0.2, 0) is 17.0 Å². The minimum absolute atomic E-state index is 0.108. The number of nitrogen functional groups attached to an aromatic ring is 1. The third kappa shape index (κ3) is 6.02. The number of benzene rings is 2. The molecule has 0 aliphatic heterocycles. The lowest BCUT2D eigenvalue weighted by atomic mass is 10.2. The Morgan fingerprint density at radius 1 is 1.12 bits per heavy atom. The average Bonchev–Trinajstić information content (AvgIpc) is 2.82. The molecule has 176 valence electrons. The Bertz CT molecular complexity index is 1330. The van der Waals surface area contributed by atoms with Crippen molar-refractivity contribution in [1.29, 1.82) is 0 Å². The minimum Gasteiger partial charge on any atom is -0.382 e. The second-order valence-electron chi connectivity index (χ2n) is 7.28. The first-order valence-corrected chi connectivity index (χ1v) is 12.1. The standard InChI is InChI=1S/C23H24ClN7O2S/c1-2-33-12-6-11-31-20(32)17-10-9-15(24)13-18(17)27-23(31)34-14-19-28-21(25)30-22(29-19)26-16-7-4-3-5-8-16/h3-5,7-10,13H,2,6,11-12,14H2,1H3,(H3,25,26,28,29,30). The molecule has 34 heavy (non-hydrogen) atoms. The van der Waals surface area contributed by atoms with E-state index in [0.29, 0.717) is 64.8 Å². The molecule has 3 N–H and O–H groups in total. The van der Waals surface area contributed by atoms with Crippen molar-refractivity contribution in [3.8, 4) is 0 Å². The summed E-state index contributed by atoms with van der Waals surface area (Å²) in [5.74, 6) is 1.27. The van der Waals surface area contributed by atoms with Crippen molar-refractivity contribution in [2.24, 2.45) is 0 Å². The number of nitrogens with two attached hydrogens (primary N) is 1. The van der Waals surface area contributed by atoms with Crippen LogP contribution in [0.2, 0.25) is 5.02 Å². The van der Waals surface area contributed by atoms with Crippen LogP contribution in [0.3, 0.4) is 0 Å². The van der Waals surface area contributed by atoms with Gasteiger partial charge in [-0.05, 0) is 43.7 Å².